The third kappa shape index (κ3) is 1.93. The lowest BCUT2D eigenvalue weighted by Gasteiger charge is -2.30. The molecule has 0 unspecified atom stereocenters. The van der Waals surface area contributed by atoms with Gasteiger partial charge in [0, 0.05) is 9.79 Å². The molecule has 2 aromatic rings. The molecule has 0 aromatic heterocycles. The van der Waals surface area contributed by atoms with Crippen molar-refractivity contribution >= 4 is 51.6 Å². The van der Waals surface area contributed by atoms with Crippen molar-refractivity contribution < 1.29 is 4.79 Å². The minimum absolute atomic E-state index is 0.121. The highest BCUT2D eigenvalue weighted by Gasteiger charge is 2.26. The highest BCUT2D eigenvalue weighted by atomic mass is 127. The fourth-order valence-corrected chi connectivity index (χ4v) is 3.43. The molecule has 0 saturated carbocycles. The van der Waals surface area contributed by atoms with Crippen LogP contribution in [0.2, 0.25) is 0 Å². The molecular formula is C14H10INOS. The molecule has 0 bridgehead atoms. The molecule has 2 nitrogen and oxygen atoms in total. The van der Waals surface area contributed by atoms with E-state index in [1.165, 1.54) is 0 Å². The third-order valence-corrected chi connectivity index (χ3v) is 4.58. The maximum Gasteiger partial charge on any atom is 0.241 e. The summed E-state index contributed by atoms with van der Waals surface area (Å²) in [5.74, 6) is 0.121. The van der Waals surface area contributed by atoms with Crippen LogP contribution in [0.25, 0.3) is 0 Å². The van der Waals surface area contributed by atoms with Crippen molar-refractivity contribution in [2.45, 2.75) is 9.79 Å². The third-order valence-electron chi connectivity index (χ3n) is 2.80. The summed E-state index contributed by atoms with van der Waals surface area (Å²) in [4.78, 5) is 16.3. The van der Waals surface area contributed by atoms with E-state index in [0.717, 1.165) is 21.2 Å². The Labute approximate surface area is 124 Å². The van der Waals surface area contributed by atoms with Crippen molar-refractivity contribution in [2.75, 3.05) is 9.33 Å². The van der Waals surface area contributed by atoms with Crippen molar-refractivity contribution in [2.24, 2.45) is 0 Å². The molecule has 1 heterocycles. The molecule has 0 spiro atoms. The van der Waals surface area contributed by atoms with Gasteiger partial charge in [-0.1, -0.05) is 58.6 Å². The number of alkyl halides is 1. The van der Waals surface area contributed by atoms with Crippen LogP contribution in [0.4, 0.5) is 11.4 Å². The molecule has 2 aromatic carbocycles. The molecule has 0 atom stereocenters. The van der Waals surface area contributed by atoms with Crippen molar-refractivity contribution in [3.05, 3.63) is 48.5 Å². The van der Waals surface area contributed by atoms with E-state index in [2.05, 4.69) is 34.7 Å². The first-order chi connectivity index (χ1) is 8.81. The largest absolute Gasteiger partial charge is 0.278 e. The van der Waals surface area contributed by atoms with Crippen molar-refractivity contribution in [1.82, 2.24) is 0 Å². The van der Waals surface area contributed by atoms with Crippen molar-refractivity contribution in [3.8, 4) is 0 Å². The Kier molecular flexibility index (Phi) is 3.30. The number of para-hydroxylation sites is 2. The Hall–Kier alpha value is -1.01. The number of fused-ring (bicyclic) bond motifs is 2. The molecule has 0 aliphatic carbocycles. The van der Waals surface area contributed by atoms with Gasteiger partial charge < -0.3 is 0 Å². The van der Waals surface area contributed by atoms with Gasteiger partial charge in [-0.15, -0.1) is 0 Å². The smallest absolute Gasteiger partial charge is 0.241 e. The first-order valence-corrected chi connectivity index (χ1v) is 7.90. The number of carbonyl (C=O) groups is 1. The predicted octanol–water partition coefficient (Wildman–Crippen LogP) is 4.25. The molecule has 3 rings (SSSR count). The number of rotatable bonds is 1. The zero-order valence-electron chi connectivity index (χ0n) is 9.47. The number of anilines is 2. The fraction of sp³-hybridized carbons (Fsp3) is 0.0714. The van der Waals surface area contributed by atoms with E-state index in [1.54, 1.807) is 11.8 Å². The first kappa shape index (κ1) is 12.0. The second kappa shape index (κ2) is 4.93. The molecule has 0 N–H and O–H groups in total. The van der Waals surface area contributed by atoms with E-state index < -0.39 is 0 Å². The summed E-state index contributed by atoms with van der Waals surface area (Å²) in [6.45, 7) is 0. The van der Waals surface area contributed by atoms with Crippen LogP contribution in [0.3, 0.4) is 0 Å². The number of halogens is 1. The summed E-state index contributed by atoms with van der Waals surface area (Å²) >= 11 is 3.83. The Balaban J connectivity index is 2.20. The average molecular weight is 367 g/mol. The fourth-order valence-electron chi connectivity index (χ4n) is 2.03. The minimum atomic E-state index is 0.121. The molecule has 1 aliphatic rings. The Morgan fingerprint density at radius 2 is 1.50 bits per heavy atom. The number of carbonyl (C=O) groups excluding carboxylic acids is 1. The second-order valence-corrected chi connectivity index (χ2v) is 5.75. The van der Waals surface area contributed by atoms with Gasteiger partial charge >= 0.3 is 0 Å². The summed E-state index contributed by atoms with van der Waals surface area (Å²) in [7, 11) is 0. The van der Waals surface area contributed by atoms with Crippen LogP contribution in [-0.2, 0) is 4.79 Å². The molecule has 18 heavy (non-hydrogen) atoms. The number of hydrogen-bond acceptors (Lipinski definition) is 2. The molecule has 0 fully saturated rings. The summed E-state index contributed by atoms with van der Waals surface area (Å²) in [5.41, 5.74) is 1.98. The number of amides is 1. The predicted molar refractivity (Wildman–Crippen MR) is 83.0 cm³/mol. The van der Waals surface area contributed by atoms with Crippen LogP contribution in [0, 0.1) is 0 Å². The van der Waals surface area contributed by atoms with Gasteiger partial charge in [0.05, 0.1) is 15.8 Å². The van der Waals surface area contributed by atoms with Crippen LogP contribution < -0.4 is 4.90 Å². The molecular weight excluding hydrogens is 357 g/mol. The van der Waals surface area contributed by atoms with Gasteiger partial charge in [0.15, 0.2) is 0 Å². The lowest BCUT2D eigenvalue weighted by molar-refractivity contribution is -0.115. The topological polar surface area (TPSA) is 20.3 Å². The van der Waals surface area contributed by atoms with Crippen molar-refractivity contribution in [3.63, 3.8) is 0 Å². The molecule has 0 saturated heterocycles. The van der Waals surface area contributed by atoms with Gasteiger partial charge in [-0.05, 0) is 24.3 Å². The van der Waals surface area contributed by atoms with Gasteiger partial charge in [-0.3, -0.25) is 9.69 Å². The summed E-state index contributed by atoms with van der Waals surface area (Å²) in [6.07, 6.45) is 0. The summed E-state index contributed by atoms with van der Waals surface area (Å²) < 4.78 is 0.477. The lowest BCUT2D eigenvalue weighted by Crippen LogP contribution is -2.29. The number of nitrogens with zero attached hydrogens (tertiary/aromatic N) is 1. The second-order valence-electron chi connectivity index (χ2n) is 3.90. The van der Waals surface area contributed by atoms with E-state index in [-0.39, 0.29) is 5.91 Å². The van der Waals surface area contributed by atoms with E-state index >= 15 is 0 Å². The maximum atomic E-state index is 12.2. The first-order valence-electron chi connectivity index (χ1n) is 5.56. The Morgan fingerprint density at radius 1 is 1.00 bits per heavy atom. The minimum Gasteiger partial charge on any atom is -0.278 e. The Bertz CT molecular complexity index is 569. The standard InChI is InChI=1S/C14H10INOS/c15-9-14(17)16-10-5-1-3-7-12(10)18-13-8-4-2-6-11(13)16/h1-8H,9H2. The van der Waals surface area contributed by atoms with Gasteiger partial charge in [-0.25, -0.2) is 0 Å². The Morgan fingerprint density at radius 3 is 2.00 bits per heavy atom. The van der Waals surface area contributed by atoms with Gasteiger partial charge in [0.25, 0.3) is 0 Å². The molecule has 4 heteroatoms. The van der Waals surface area contributed by atoms with E-state index in [4.69, 9.17) is 0 Å². The normalized spacial score (nSPS) is 12.8. The lowest BCUT2D eigenvalue weighted by atomic mass is 10.2. The van der Waals surface area contributed by atoms with E-state index in [1.807, 2.05) is 41.3 Å². The molecule has 90 valence electrons. The molecule has 0 radical (unpaired) electrons. The van der Waals surface area contributed by atoms with E-state index in [9.17, 15) is 4.79 Å². The maximum absolute atomic E-state index is 12.2. The SMILES string of the molecule is O=C(CI)N1c2ccccc2Sc2ccccc21. The van der Waals surface area contributed by atoms with Crippen LogP contribution >= 0.6 is 34.4 Å². The monoisotopic (exact) mass is 367 g/mol. The van der Waals surface area contributed by atoms with Crippen LogP contribution in [-0.4, -0.2) is 10.3 Å². The van der Waals surface area contributed by atoms with Crippen molar-refractivity contribution in [1.29, 1.82) is 0 Å². The number of hydrogen-bond donors (Lipinski definition) is 0. The van der Waals surface area contributed by atoms with Gasteiger partial charge in [0.1, 0.15) is 0 Å². The average Bonchev–Trinajstić information content (AvgIpc) is 2.44. The summed E-state index contributed by atoms with van der Waals surface area (Å²) in [5, 5.41) is 0. The number of benzene rings is 2. The molecule has 1 amide bonds. The van der Waals surface area contributed by atoms with Gasteiger partial charge in [-0.2, -0.15) is 0 Å². The summed E-state index contributed by atoms with van der Waals surface area (Å²) in [6, 6.07) is 16.1. The highest BCUT2D eigenvalue weighted by Crippen LogP contribution is 2.47. The zero-order valence-corrected chi connectivity index (χ0v) is 12.4. The molecule has 1 aliphatic heterocycles. The van der Waals surface area contributed by atoms with Crippen LogP contribution in [0.1, 0.15) is 0 Å². The van der Waals surface area contributed by atoms with Crippen LogP contribution in [0.15, 0.2) is 58.3 Å². The highest BCUT2D eigenvalue weighted by molar-refractivity contribution is 14.1. The quantitative estimate of drug-likeness (QED) is 0.555. The zero-order chi connectivity index (χ0) is 12.5. The van der Waals surface area contributed by atoms with Crippen LogP contribution in [0.5, 0.6) is 0 Å². The van der Waals surface area contributed by atoms with Gasteiger partial charge in [0.2, 0.25) is 5.91 Å². The van der Waals surface area contributed by atoms with E-state index in [0.29, 0.717) is 4.43 Å².